The van der Waals surface area contributed by atoms with Crippen molar-refractivity contribution in [3.05, 3.63) is 35.4 Å². The molecule has 0 spiro atoms. The van der Waals surface area contributed by atoms with Crippen molar-refractivity contribution in [2.24, 2.45) is 5.41 Å². The van der Waals surface area contributed by atoms with Gasteiger partial charge in [0.15, 0.2) is 0 Å². The Balaban J connectivity index is 1.81. The second-order valence-corrected chi connectivity index (χ2v) is 5.15. The van der Waals surface area contributed by atoms with Gasteiger partial charge in [0.25, 0.3) is 0 Å². The average molecular weight is 247 g/mol. The summed E-state index contributed by atoms with van der Waals surface area (Å²) in [5.41, 5.74) is 2.38. The highest BCUT2D eigenvalue weighted by Gasteiger charge is 2.39. The molecule has 1 N–H and O–H groups in total. The summed E-state index contributed by atoms with van der Waals surface area (Å²) in [6.45, 7) is 4.23. The Bertz CT molecular complexity index is 407. The van der Waals surface area contributed by atoms with Crippen molar-refractivity contribution in [1.82, 2.24) is 5.32 Å². The van der Waals surface area contributed by atoms with E-state index in [-0.39, 0.29) is 5.97 Å². The van der Waals surface area contributed by atoms with Crippen LogP contribution in [-0.4, -0.2) is 19.6 Å². The van der Waals surface area contributed by atoms with Crippen LogP contribution in [0.15, 0.2) is 24.3 Å². The summed E-state index contributed by atoms with van der Waals surface area (Å²) in [6.07, 6.45) is 3.98. The zero-order chi connectivity index (χ0) is 13.0. The monoisotopic (exact) mass is 247 g/mol. The van der Waals surface area contributed by atoms with Crippen molar-refractivity contribution in [2.45, 2.75) is 32.7 Å². The van der Waals surface area contributed by atoms with Crippen LogP contribution < -0.4 is 5.32 Å². The summed E-state index contributed by atoms with van der Waals surface area (Å²) in [5, 5.41) is 3.50. The average Bonchev–Trinajstić information content (AvgIpc) is 3.19. The molecule has 0 heterocycles. The molecule has 1 aromatic rings. The summed E-state index contributed by atoms with van der Waals surface area (Å²) in [5.74, 6) is -0.280. The Labute approximate surface area is 109 Å². The minimum Gasteiger partial charge on any atom is -0.465 e. The van der Waals surface area contributed by atoms with E-state index >= 15 is 0 Å². The van der Waals surface area contributed by atoms with E-state index in [1.807, 2.05) is 24.3 Å². The van der Waals surface area contributed by atoms with Crippen LogP contribution in [0.25, 0.3) is 0 Å². The maximum atomic E-state index is 11.3. The molecule has 1 aromatic carbocycles. The Morgan fingerprint density at radius 3 is 2.50 bits per heavy atom. The maximum absolute atomic E-state index is 11.3. The van der Waals surface area contributed by atoms with Crippen LogP contribution in [0.4, 0.5) is 0 Å². The number of ether oxygens (including phenoxy) is 1. The standard InChI is InChI=1S/C15H21NO2/c1-3-15(8-9-15)11-16-10-12-4-6-13(7-5-12)14(17)18-2/h4-7,16H,3,8-11H2,1-2H3. The summed E-state index contributed by atoms with van der Waals surface area (Å²) < 4.78 is 4.67. The molecule has 0 saturated heterocycles. The van der Waals surface area contributed by atoms with E-state index < -0.39 is 0 Å². The van der Waals surface area contributed by atoms with Crippen molar-refractivity contribution >= 4 is 5.97 Å². The fraction of sp³-hybridized carbons (Fsp3) is 0.533. The van der Waals surface area contributed by atoms with Gasteiger partial charge in [0.05, 0.1) is 12.7 Å². The Kier molecular flexibility index (Phi) is 4.02. The first-order chi connectivity index (χ1) is 8.69. The lowest BCUT2D eigenvalue weighted by atomic mass is 10.0. The summed E-state index contributed by atoms with van der Waals surface area (Å²) in [4.78, 5) is 11.3. The molecular formula is C15H21NO2. The number of carbonyl (C=O) groups is 1. The lowest BCUT2D eigenvalue weighted by Gasteiger charge is -2.13. The third-order valence-corrected chi connectivity index (χ3v) is 3.91. The molecule has 1 fully saturated rings. The molecule has 1 aliphatic carbocycles. The lowest BCUT2D eigenvalue weighted by Crippen LogP contribution is -2.23. The number of hydrogen-bond donors (Lipinski definition) is 1. The van der Waals surface area contributed by atoms with E-state index in [1.165, 1.54) is 31.9 Å². The first-order valence-electron chi connectivity index (χ1n) is 6.57. The molecule has 0 bridgehead atoms. The molecular weight excluding hydrogens is 226 g/mol. The van der Waals surface area contributed by atoms with Gasteiger partial charge in [-0.25, -0.2) is 4.79 Å². The van der Waals surface area contributed by atoms with Crippen LogP contribution >= 0.6 is 0 Å². The predicted octanol–water partition coefficient (Wildman–Crippen LogP) is 2.75. The Morgan fingerprint density at radius 1 is 1.33 bits per heavy atom. The molecule has 0 aliphatic heterocycles. The molecule has 1 saturated carbocycles. The van der Waals surface area contributed by atoms with Crippen LogP contribution in [0.2, 0.25) is 0 Å². The van der Waals surface area contributed by atoms with Gasteiger partial charge >= 0.3 is 5.97 Å². The smallest absolute Gasteiger partial charge is 0.337 e. The molecule has 1 aliphatic rings. The highest BCUT2D eigenvalue weighted by atomic mass is 16.5. The minimum absolute atomic E-state index is 0.280. The number of esters is 1. The minimum atomic E-state index is -0.280. The molecule has 18 heavy (non-hydrogen) atoms. The fourth-order valence-corrected chi connectivity index (χ4v) is 2.18. The van der Waals surface area contributed by atoms with Gasteiger partial charge in [-0.05, 0) is 42.4 Å². The van der Waals surface area contributed by atoms with E-state index in [0.29, 0.717) is 11.0 Å². The van der Waals surface area contributed by atoms with Gasteiger partial charge in [0.1, 0.15) is 0 Å². The summed E-state index contributed by atoms with van der Waals surface area (Å²) in [6, 6.07) is 7.58. The SMILES string of the molecule is CCC1(CNCc2ccc(C(=O)OC)cc2)CC1. The van der Waals surface area contributed by atoms with Crippen LogP contribution in [-0.2, 0) is 11.3 Å². The van der Waals surface area contributed by atoms with Gasteiger partial charge in [0, 0.05) is 13.1 Å². The first-order valence-corrected chi connectivity index (χ1v) is 6.57. The van der Waals surface area contributed by atoms with E-state index in [0.717, 1.165) is 13.1 Å². The third-order valence-electron chi connectivity index (χ3n) is 3.91. The van der Waals surface area contributed by atoms with Crippen molar-refractivity contribution in [3.8, 4) is 0 Å². The second-order valence-electron chi connectivity index (χ2n) is 5.15. The Hall–Kier alpha value is -1.35. The summed E-state index contributed by atoms with van der Waals surface area (Å²) >= 11 is 0. The zero-order valence-corrected chi connectivity index (χ0v) is 11.2. The molecule has 0 unspecified atom stereocenters. The number of methoxy groups -OCH3 is 1. The van der Waals surface area contributed by atoms with Crippen LogP contribution in [0, 0.1) is 5.41 Å². The highest BCUT2D eigenvalue weighted by molar-refractivity contribution is 5.89. The molecule has 3 heteroatoms. The van der Waals surface area contributed by atoms with Crippen LogP contribution in [0.3, 0.4) is 0 Å². The number of hydrogen-bond acceptors (Lipinski definition) is 3. The van der Waals surface area contributed by atoms with Crippen molar-refractivity contribution < 1.29 is 9.53 Å². The summed E-state index contributed by atoms with van der Waals surface area (Å²) in [7, 11) is 1.40. The molecule has 0 radical (unpaired) electrons. The van der Waals surface area contributed by atoms with E-state index in [9.17, 15) is 4.79 Å². The molecule has 0 atom stereocenters. The van der Waals surface area contributed by atoms with E-state index in [4.69, 9.17) is 0 Å². The number of carbonyl (C=O) groups excluding carboxylic acids is 1. The normalized spacial score (nSPS) is 16.3. The van der Waals surface area contributed by atoms with Gasteiger partial charge < -0.3 is 10.1 Å². The van der Waals surface area contributed by atoms with E-state index in [2.05, 4.69) is 17.0 Å². The predicted molar refractivity (Wildman–Crippen MR) is 71.4 cm³/mol. The second kappa shape index (κ2) is 5.53. The fourth-order valence-electron chi connectivity index (χ4n) is 2.18. The van der Waals surface area contributed by atoms with Crippen LogP contribution in [0.5, 0.6) is 0 Å². The molecule has 98 valence electrons. The van der Waals surface area contributed by atoms with E-state index in [1.54, 1.807) is 0 Å². The van der Waals surface area contributed by atoms with Gasteiger partial charge in [-0.15, -0.1) is 0 Å². The maximum Gasteiger partial charge on any atom is 0.337 e. The van der Waals surface area contributed by atoms with Gasteiger partial charge in [-0.2, -0.15) is 0 Å². The van der Waals surface area contributed by atoms with Gasteiger partial charge in [-0.3, -0.25) is 0 Å². The lowest BCUT2D eigenvalue weighted by molar-refractivity contribution is 0.0600. The molecule has 0 amide bonds. The van der Waals surface area contributed by atoms with Crippen molar-refractivity contribution in [3.63, 3.8) is 0 Å². The number of nitrogens with one attached hydrogen (secondary N) is 1. The van der Waals surface area contributed by atoms with Crippen molar-refractivity contribution in [1.29, 1.82) is 0 Å². The molecule has 0 aromatic heterocycles. The Morgan fingerprint density at radius 2 is 2.00 bits per heavy atom. The first kappa shape index (κ1) is 13.1. The van der Waals surface area contributed by atoms with Crippen LogP contribution in [0.1, 0.15) is 42.1 Å². The number of rotatable bonds is 6. The quantitative estimate of drug-likeness (QED) is 0.785. The van der Waals surface area contributed by atoms with Gasteiger partial charge in [0.2, 0.25) is 0 Å². The molecule has 3 nitrogen and oxygen atoms in total. The van der Waals surface area contributed by atoms with Gasteiger partial charge in [-0.1, -0.05) is 19.1 Å². The zero-order valence-electron chi connectivity index (χ0n) is 11.2. The van der Waals surface area contributed by atoms with Crippen molar-refractivity contribution in [2.75, 3.05) is 13.7 Å². The third kappa shape index (κ3) is 3.10. The number of benzene rings is 1. The topological polar surface area (TPSA) is 38.3 Å². The largest absolute Gasteiger partial charge is 0.465 e. The highest BCUT2D eigenvalue weighted by Crippen LogP contribution is 2.47. The molecule has 2 rings (SSSR count).